The Labute approximate surface area is 122 Å². The van der Waals surface area contributed by atoms with Crippen LogP contribution in [0.3, 0.4) is 0 Å². The molecule has 0 saturated heterocycles. The largest absolute Gasteiger partial charge is 0.497 e. The summed E-state index contributed by atoms with van der Waals surface area (Å²) in [5, 5.41) is 3.05. The van der Waals surface area contributed by atoms with Crippen LogP contribution in [0.2, 0.25) is 0 Å². The number of methoxy groups -OCH3 is 1. The average Bonchev–Trinajstić information content (AvgIpc) is 2.91. The van der Waals surface area contributed by atoms with E-state index in [-0.39, 0.29) is 11.3 Å². The van der Waals surface area contributed by atoms with Crippen molar-refractivity contribution in [2.45, 2.75) is 39.0 Å². The van der Waals surface area contributed by atoms with Gasteiger partial charge in [-0.1, -0.05) is 19.8 Å². The third-order valence-corrected chi connectivity index (χ3v) is 4.83. The van der Waals surface area contributed by atoms with E-state index in [1.54, 1.807) is 7.11 Å². The van der Waals surface area contributed by atoms with Crippen LogP contribution >= 0.6 is 15.9 Å². The smallest absolute Gasteiger partial charge is 0.230 e. The van der Waals surface area contributed by atoms with Gasteiger partial charge in [-0.25, -0.2) is 0 Å². The Hall–Kier alpha value is -1.03. The molecule has 2 rings (SSSR count). The summed E-state index contributed by atoms with van der Waals surface area (Å²) in [4.78, 5) is 12.5. The summed E-state index contributed by atoms with van der Waals surface area (Å²) in [5.41, 5.74) is 0.603. The molecule has 3 nitrogen and oxygen atoms in total. The van der Waals surface area contributed by atoms with Gasteiger partial charge in [0.15, 0.2) is 0 Å². The molecule has 1 saturated carbocycles. The maximum Gasteiger partial charge on any atom is 0.230 e. The van der Waals surface area contributed by atoms with Gasteiger partial charge in [-0.05, 0) is 47.3 Å². The Morgan fingerprint density at radius 2 is 2.11 bits per heavy atom. The normalized spacial score (nSPS) is 17.2. The summed E-state index contributed by atoms with van der Waals surface area (Å²) in [6.07, 6.45) is 5.20. The molecule has 1 aromatic carbocycles. The molecule has 4 heteroatoms. The van der Waals surface area contributed by atoms with Gasteiger partial charge < -0.3 is 10.1 Å². The minimum absolute atomic E-state index is 0.140. The molecule has 0 spiro atoms. The maximum absolute atomic E-state index is 12.5. The van der Waals surface area contributed by atoms with Crippen molar-refractivity contribution in [2.24, 2.45) is 5.41 Å². The molecule has 0 aromatic heterocycles. The first-order valence-corrected chi connectivity index (χ1v) is 7.55. The van der Waals surface area contributed by atoms with Crippen molar-refractivity contribution in [2.75, 3.05) is 12.4 Å². The Morgan fingerprint density at radius 1 is 1.42 bits per heavy atom. The van der Waals surface area contributed by atoms with Crippen LogP contribution in [-0.2, 0) is 4.79 Å². The number of rotatable bonds is 4. The maximum atomic E-state index is 12.5. The van der Waals surface area contributed by atoms with Crippen molar-refractivity contribution in [3.8, 4) is 5.75 Å². The van der Waals surface area contributed by atoms with Crippen molar-refractivity contribution < 1.29 is 9.53 Å². The number of hydrogen-bond donors (Lipinski definition) is 1. The van der Waals surface area contributed by atoms with E-state index < -0.39 is 0 Å². The molecule has 0 bridgehead atoms. The van der Waals surface area contributed by atoms with E-state index in [1.165, 1.54) is 0 Å². The van der Waals surface area contributed by atoms with Crippen LogP contribution in [0.15, 0.2) is 22.7 Å². The lowest BCUT2D eigenvalue weighted by Gasteiger charge is -2.26. The molecule has 0 atom stereocenters. The average molecular weight is 326 g/mol. The van der Waals surface area contributed by atoms with Gasteiger partial charge in [-0.15, -0.1) is 0 Å². The number of carbonyl (C=O) groups excluding carboxylic acids is 1. The third kappa shape index (κ3) is 2.94. The summed E-state index contributed by atoms with van der Waals surface area (Å²) in [6, 6.07) is 5.60. The summed E-state index contributed by atoms with van der Waals surface area (Å²) in [5.74, 6) is 0.886. The van der Waals surface area contributed by atoms with Gasteiger partial charge in [0.2, 0.25) is 5.91 Å². The van der Waals surface area contributed by atoms with E-state index in [2.05, 4.69) is 28.2 Å². The third-order valence-electron chi connectivity index (χ3n) is 4.14. The van der Waals surface area contributed by atoms with Gasteiger partial charge >= 0.3 is 0 Å². The first kappa shape index (κ1) is 14.4. The highest BCUT2D eigenvalue weighted by molar-refractivity contribution is 9.10. The molecule has 19 heavy (non-hydrogen) atoms. The van der Waals surface area contributed by atoms with E-state index in [4.69, 9.17) is 4.74 Å². The highest BCUT2D eigenvalue weighted by atomic mass is 79.9. The molecular weight excluding hydrogens is 306 g/mol. The number of amides is 1. The fourth-order valence-electron chi connectivity index (χ4n) is 2.77. The van der Waals surface area contributed by atoms with Crippen LogP contribution in [-0.4, -0.2) is 13.0 Å². The fourth-order valence-corrected chi connectivity index (χ4v) is 3.12. The molecule has 0 heterocycles. The van der Waals surface area contributed by atoms with E-state index in [9.17, 15) is 4.79 Å². The highest BCUT2D eigenvalue weighted by Gasteiger charge is 2.39. The van der Waals surface area contributed by atoms with Crippen molar-refractivity contribution in [1.29, 1.82) is 0 Å². The Balaban J connectivity index is 2.18. The highest BCUT2D eigenvalue weighted by Crippen LogP contribution is 2.42. The van der Waals surface area contributed by atoms with E-state index in [0.29, 0.717) is 0 Å². The van der Waals surface area contributed by atoms with Crippen molar-refractivity contribution >= 4 is 27.5 Å². The predicted octanol–water partition coefficient (Wildman–Crippen LogP) is 4.37. The van der Waals surface area contributed by atoms with Crippen molar-refractivity contribution in [1.82, 2.24) is 0 Å². The number of anilines is 1. The second-order valence-corrected chi connectivity index (χ2v) is 6.00. The zero-order valence-electron chi connectivity index (χ0n) is 11.5. The second kappa shape index (κ2) is 5.95. The van der Waals surface area contributed by atoms with Gasteiger partial charge in [0.1, 0.15) is 5.75 Å². The second-order valence-electron chi connectivity index (χ2n) is 5.14. The summed E-state index contributed by atoms with van der Waals surface area (Å²) in [6.45, 7) is 2.10. The summed E-state index contributed by atoms with van der Waals surface area (Å²) in [7, 11) is 1.62. The molecule has 1 N–H and O–H groups in total. The lowest BCUT2D eigenvalue weighted by Crippen LogP contribution is -2.33. The van der Waals surface area contributed by atoms with Crippen molar-refractivity contribution in [3.63, 3.8) is 0 Å². The topological polar surface area (TPSA) is 38.3 Å². The molecule has 1 aliphatic rings. The van der Waals surface area contributed by atoms with Crippen LogP contribution in [0.5, 0.6) is 5.75 Å². The quantitative estimate of drug-likeness (QED) is 0.892. The molecule has 0 unspecified atom stereocenters. The molecule has 104 valence electrons. The molecule has 0 aliphatic heterocycles. The first-order valence-electron chi connectivity index (χ1n) is 6.76. The predicted molar refractivity (Wildman–Crippen MR) is 80.5 cm³/mol. The lowest BCUT2D eigenvalue weighted by atomic mass is 9.82. The summed E-state index contributed by atoms with van der Waals surface area (Å²) >= 11 is 3.47. The number of ether oxygens (including phenoxy) is 1. The fraction of sp³-hybridized carbons (Fsp3) is 0.533. The van der Waals surface area contributed by atoms with Gasteiger partial charge in [0, 0.05) is 16.0 Å². The number of hydrogen-bond acceptors (Lipinski definition) is 2. The number of halogens is 1. The van der Waals surface area contributed by atoms with Gasteiger partial charge in [-0.3, -0.25) is 4.79 Å². The molecule has 0 radical (unpaired) electrons. The van der Waals surface area contributed by atoms with E-state index in [1.807, 2.05) is 18.2 Å². The van der Waals surface area contributed by atoms with Crippen LogP contribution < -0.4 is 10.1 Å². The molecular formula is C15H20BrNO2. The van der Waals surface area contributed by atoms with Crippen molar-refractivity contribution in [3.05, 3.63) is 22.7 Å². The lowest BCUT2D eigenvalue weighted by molar-refractivity contribution is -0.125. The number of benzene rings is 1. The monoisotopic (exact) mass is 325 g/mol. The Morgan fingerprint density at radius 3 is 2.68 bits per heavy atom. The molecule has 1 aliphatic carbocycles. The van der Waals surface area contributed by atoms with Gasteiger partial charge in [0.25, 0.3) is 0 Å². The Bertz CT molecular complexity index is 467. The first-order chi connectivity index (χ1) is 9.11. The van der Waals surface area contributed by atoms with Crippen LogP contribution in [0.4, 0.5) is 5.69 Å². The van der Waals surface area contributed by atoms with Crippen LogP contribution in [0.25, 0.3) is 0 Å². The van der Waals surface area contributed by atoms with Crippen LogP contribution in [0, 0.1) is 5.41 Å². The summed E-state index contributed by atoms with van der Waals surface area (Å²) < 4.78 is 6.08. The SMILES string of the molecule is CCC1(C(=O)Nc2cc(OC)ccc2Br)CCCC1. The standard InChI is InChI=1S/C15H20BrNO2/c1-3-15(8-4-5-9-15)14(18)17-13-10-11(19-2)6-7-12(13)16/h6-7,10H,3-5,8-9H2,1-2H3,(H,17,18). The minimum Gasteiger partial charge on any atom is -0.497 e. The molecule has 1 aromatic rings. The molecule has 1 fully saturated rings. The van der Waals surface area contributed by atoms with E-state index >= 15 is 0 Å². The number of nitrogens with one attached hydrogen (secondary N) is 1. The zero-order chi connectivity index (χ0) is 13.9. The minimum atomic E-state index is -0.178. The van der Waals surface area contributed by atoms with E-state index in [0.717, 1.165) is 48.0 Å². The Kier molecular flexibility index (Phi) is 4.50. The van der Waals surface area contributed by atoms with Gasteiger partial charge in [-0.2, -0.15) is 0 Å². The van der Waals surface area contributed by atoms with Crippen LogP contribution in [0.1, 0.15) is 39.0 Å². The zero-order valence-corrected chi connectivity index (χ0v) is 13.0. The number of carbonyl (C=O) groups is 1. The molecule has 1 amide bonds. The van der Waals surface area contributed by atoms with Gasteiger partial charge in [0.05, 0.1) is 12.8 Å².